The molecule has 1 aliphatic carbocycles. The second-order valence-electron chi connectivity index (χ2n) is 5.79. The molecule has 0 bridgehead atoms. The van der Waals surface area contributed by atoms with Crippen molar-refractivity contribution in [2.24, 2.45) is 0 Å². The second kappa shape index (κ2) is 5.87. The lowest BCUT2D eigenvalue weighted by molar-refractivity contribution is 0.268. The van der Waals surface area contributed by atoms with Gasteiger partial charge < -0.3 is 9.67 Å². The Morgan fingerprint density at radius 2 is 2.00 bits per heavy atom. The van der Waals surface area contributed by atoms with E-state index >= 15 is 0 Å². The summed E-state index contributed by atoms with van der Waals surface area (Å²) in [5.74, 6) is 0. The summed E-state index contributed by atoms with van der Waals surface area (Å²) in [6.45, 7) is 3.79. The van der Waals surface area contributed by atoms with Gasteiger partial charge in [-0.05, 0) is 32.8 Å². The Labute approximate surface area is 121 Å². The fourth-order valence-electron chi connectivity index (χ4n) is 2.88. The SMILES string of the molecule is CC(C)n1cc(S(=O)(=O)N(C)C2CCCC2)cc1CO. The minimum absolute atomic E-state index is 0.111. The van der Waals surface area contributed by atoms with Crippen molar-refractivity contribution in [1.82, 2.24) is 8.87 Å². The molecule has 114 valence electrons. The van der Waals surface area contributed by atoms with Crippen molar-refractivity contribution in [3.05, 3.63) is 18.0 Å². The third-order valence-corrected chi connectivity index (χ3v) is 6.02. The van der Waals surface area contributed by atoms with Crippen LogP contribution < -0.4 is 0 Å². The number of nitrogens with zero attached hydrogens (tertiary/aromatic N) is 2. The summed E-state index contributed by atoms with van der Waals surface area (Å²) < 4.78 is 28.6. The third-order valence-electron chi connectivity index (χ3n) is 4.14. The molecular weight excluding hydrogens is 276 g/mol. The van der Waals surface area contributed by atoms with Gasteiger partial charge in [0.15, 0.2) is 0 Å². The Morgan fingerprint density at radius 3 is 2.45 bits per heavy atom. The Kier molecular flexibility index (Phi) is 4.56. The van der Waals surface area contributed by atoms with Crippen molar-refractivity contribution in [3.63, 3.8) is 0 Å². The van der Waals surface area contributed by atoms with E-state index in [0.29, 0.717) is 5.69 Å². The Hall–Kier alpha value is -0.850. The monoisotopic (exact) mass is 300 g/mol. The molecule has 0 unspecified atom stereocenters. The molecule has 6 heteroatoms. The van der Waals surface area contributed by atoms with E-state index in [1.165, 1.54) is 4.31 Å². The first-order chi connectivity index (χ1) is 9.37. The Bertz CT molecular complexity index is 557. The van der Waals surface area contributed by atoms with Crippen LogP contribution in [0, 0.1) is 0 Å². The van der Waals surface area contributed by atoms with Crippen LogP contribution in [-0.4, -0.2) is 35.5 Å². The molecule has 0 spiro atoms. The normalized spacial score (nSPS) is 17.5. The van der Waals surface area contributed by atoms with E-state index in [4.69, 9.17) is 0 Å². The van der Waals surface area contributed by atoms with Crippen molar-refractivity contribution < 1.29 is 13.5 Å². The highest BCUT2D eigenvalue weighted by Crippen LogP contribution is 2.28. The highest BCUT2D eigenvalue weighted by molar-refractivity contribution is 7.89. The van der Waals surface area contributed by atoms with Crippen molar-refractivity contribution in [1.29, 1.82) is 0 Å². The second-order valence-corrected chi connectivity index (χ2v) is 7.78. The Balaban J connectivity index is 2.33. The van der Waals surface area contributed by atoms with Crippen molar-refractivity contribution in [2.75, 3.05) is 7.05 Å². The van der Waals surface area contributed by atoms with Crippen LogP contribution in [-0.2, 0) is 16.6 Å². The number of hydrogen-bond donors (Lipinski definition) is 1. The molecule has 1 heterocycles. The van der Waals surface area contributed by atoms with Gasteiger partial charge >= 0.3 is 0 Å². The smallest absolute Gasteiger partial charge is 0.244 e. The van der Waals surface area contributed by atoms with E-state index in [1.54, 1.807) is 19.3 Å². The molecule has 1 N–H and O–H groups in total. The maximum Gasteiger partial charge on any atom is 0.244 e. The Morgan fingerprint density at radius 1 is 1.40 bits per heavy atom. The molecule has 1 aromatic heterocycles. The van der Waals surface area contributed by atoms with E-state index < -0.39 is 10.0 Å². The van der Waals surface area contributed by atoms with Crippen LogP contribution in [0.4, 0.5) is 0 Å². The van der Waals surface area contributed by atoms with Crippen LogP contribution in [0.5, 0.6) is 0 Å². The van der Waals surface area contributed by atoms with Gasteiger partial charge in [0.2, 0.25) is 10.0 Å². The summed E-state index contributed by atoms with van der Waals surface area (Å²) in [5, 5.41) is 9.37. The molecular formula is C14H24N2O3S. The largest absolute Gasteiger partial charge is 0.390 e. The zero-order chi connectivity index (χ0) is 14.9. The standard InChI is InChI=1S/C14H24N2O3S/c1-11(2)16-9-14(8-13(16)10-17)20(18,19)15(3)12-6-4-5-7-12/h8-9,11-12,17H,4-7,10H2,1-3H3. The van der Waals surface area contributed by atoms with Gasteiger partial charge in [0.05, 0.1) is 6.61 Å². The number of rotatable bonds is 5. The van der Waals surface area contributed by atoms with Gasteiger partial charge in [-0.3, -0.25) is 0 Å². The number of hydrogen-bond acceptors (Lipinski definition) is 3. The molecule has 20 heavy (non-hydrogen) atoms. The molecule has 0 saturated heterocycles. The van der Waals surface area contributed by atoms with Crippen LogP contribution in [0.3, 0.4) is 0 Å². The average Bonchev–Trinajstić information content (AvgIpc) is 3.06. The molecule has 0 amide bonds. The minimum Gasteiger partial charge on any atom is -0.390 e. The molecule has 0 radical (unpaired) electrons. The molecule has 0 aromatic carbocycles. The zero-order valence-electron chi connectivity index (χ0n) is 12.4. The van der Waals surface area contributed by atoms with Crippen molar-refractivity contribution in [2.45, 2.75) is 63.1 Å². The zero-order valence-corrected chi connectivity index (χ0v) is 13.2. The maximum atomic E-state index is 12.7. The third kappa shape index (κ3) is 2.77. The van der Waals surface area contributed by atoms with Crippen LogP contribution in [0.25, 0.3) is 0 Å². The van der Waals surface area contributed by atoms with E-state index in [1.807, 2.05) is 18.4 Å². The van der Waals surface area contributed by atoms with E-state index in [9.17, 15) is 13.5 Å². The lowest BCUT2D eigenvalue weighted by Crippen LogP contribution is -2.35. The van der Waals surface area contributed by atoms with Gasteiger partial charge in [0, 0.05) is 31.0 Å². The quantitative estimate of drug-likeness (QED) is 0.906. The summed E-state index contributed by atoms with van der Waals surface area (Å²) in [4.78, 5) is 0.282. The number of aromatic nitrogens is 1. The number of aliphatic hydroxyl groups excluding tert-OH is 1. The summed E-state index contributed by atoms with van der Waals surface area (Å²) in [6, 6.07) is 1.82. The van der Waals surface area contributed by atoms with Crippen LogP contribution in [0.2, 0.25) is 0 Å². The van der Waals surface area contributed by atoms with Crippen molar-refractivity contribution >= 4 is 10.0 Å². The highest BCUT2D eigenvalue weighted by atomic mass is 32.2. The number of sulfonamides is 1. The molecule has 5 nitrogen and oxygen atoms in total. The van der Waals surface area contributed by atoms with Gasteiger partial charge in [-0.1, -0.05) is 12.8 Å². The summed E-state index contributed by atoms with van der Waals surface area (Å²) >= 11 is 0. The fraction of sp³-hybridized carbons (Fsp3) is 0.714. The molecule has 1 saturated carbocycles. The molecule has 1 fully saturated rings. The summed E-state index contributed by atoms with van der Waals surface area (Å²) in [5.41, 5.74) is 0.637. The molecule has 1 aromatic rings. The maximum absolute atomic E-state index is 12.7. The molecule has 0 aliphatic heterocycles. The van der Waals surface area contributed by atoms with E-state index in [2.05, 4.69) is 0 Å². The van der Waals surface area contributed by atoms with Crippen LogP contribution in [0.15, 0.2) is 17.2 Å². The first-order valence-corrected chi connectivity index (χ1v) is 8.61. The van der Waals surface area contributed by atoms with Gasteiger partial charge in [-0.2, -0.15) is 4.31 Å². The average molecular weight is 300 g/mol. The van der Waals surface area contributed by atoms with E-state index in [-0.39, 0.29) is 23.6 Å². The molecule has 1 aliphatic rings. The lowest BCUT2D eigenvalue weighted by Gasteiger charge is -2.23. The topological polar surface area (TPSA) is 62.5 Å². The molecule has 2 rings (SSSR count). The predicted molar refractivity (Wildman–Crippen MR) is 77.9 cm³/mol. The van der Waals surface area contributed by atoms with E-state index in [0.717, 1.165) is 25.7 Å². The van der Waals surface area contributed by atoms with Crippen molar-refractivity contribution in [3.8, 4) is 0 Å². The van der Waals surface area contributed by atoms with Gasteiger partial charge in [-0.15, -0.1) is 0 Å². The number of aliphatic hydroxyl groups is 1. The first-order valence-electron chi connectivity index (χ1n) is 7.17. The van der Waals surface area contributed by atoms with Gasteiger partial charge in [0.25, 0.3) is 0 Å². The first kappa shape index (κ1) is 15.5. The van der Waals surface area contributed by atoms with Crippen LogP contribution in [0.1, 0.15) is 51.3 Å². The van der Waals surface area contributed by atoms with Crippen LogP contribution >= 0.6 is 0 Å². The lowest BCUT2D eigenvalue weighted by atomic mass is 10.3. The predicted octanol–water partition coefficient (Wildman–Crippen LogP) is 2.12. The fourth-order valence-corrected chi connectivity index (χ4v) is 4.34. The highest BCUT2D eigenvalue weighted by Gasteiger charge is 2.31. The summed E-state index contributed by atoms with van der Waals surface area (Å²) in [6.07, 6.45) is 5.71. The summed E-state index contributed by atoms with van der Waals surface area (Å²) in [7, 11) is -1.80. The minimum atomic E-state index is -3.47. The van der Waals surface area contributed by atoms with Gasteiger partial charge in [0.1, 0.15) is 4.90 Å². The van der Waals surface area contributed by atoms with Gasteiger partial charge in [-0.25, -0.2) is 8.42 Å². The molecule has 0 atom stereocenters.